The second-order valence-electron chi connectivity index (χ2n) is 11.5. The number of aromatic nitrogens is 3. The van der Waals surface area contributed by atoms with E-state index in [-0.39, 0.29) is 30.8 Å². The molecular formula is C28H51N7O7. The number of hydrogen-bond acceptors (Lipinski definition) is 10. The molecule has 0 aliphatic heterocycles. The van der Waals surface area contributed by atoms with E-state index in [0.717, 1.165) is 6.42 Å². The summed E-state index contributed by atoms with van der Waals surface area (Å²) in [6.07, 6.45) is 5.82. The fraction of sp³-hybridized carbons (Fsp3) is 0.786. The first-order valence-corrected chi connectivity index (χ1v) is 14.6. The van der Waals surface area contributed by atoms with Crippen LogP contribution in [0.1, 0.15) is 91.7 Å². The lowest BCUT2D eigenvalue weighted by Gasteiger charge is -2.32. The van der Waals surface area contributed by atoms with Crippen LogP contribution in [0.4, 0.5) is 0 Å². The van der Waals surface area contributed by atoms with E-state index < -0.39 is 23.2 Å². The molecule has 14 heteroatoms. The summed E-state index contributed by atoms with van der Waals surface area (Å²) in [7, 11) is 0. The van der Waals surface area contributed by atoms with E-state index in [2.05, 4.69) is 20.9 Å². The van der Waals surface area contributed by atoms with E-state index >= 15 is 0 Å². The second-order valence-corrected chi connectivity index (χ2v) is 11.5. The number of ether oxygens (including phenoxy) is 3. The Hall–Kier alpha value is -3.10. The molecule has 1 heterocycles. The molecule has 3 amide bonds. The van der Waals surface area contributed by atoms with Crippen LogP contribution >= 0.6 is 0 Å². The number of unbranched alkanes of at least 4 members (excludes halogenated alkanes) is 2. The molecule has 1 atom stereocenters. The van der Waals surface area contributed by atoms with E-state index in [4.69, 9.17) is 25.7 Å². The highest BCUT2D eigenvalue weighted by Gasteiger charge is 2.27. The van der Waals surface area contributed by atoms with Gasteiger partial charge < -0.3 is 36.3 Å². The van der Waals surface area contributed by atoms with Gasteiger partial charge in [-0.15, -0.1) is 5.10 Å². The quantitative estimate of drug-likeness (QED) is 0.104. The Kier molecular flexibility index (Phi) is 16.8. The zero-order chi connectivity index (χ0) is 31.6. The molecule has 0 saturated carbocycles. The van der Waals surface area contributed by atoms with Crippen LogP contribution < -0.4 is 22.1 Å². The van der Waals surface area contributed by atoms with Crippen LogP contribution in [-0.2, 0) is 46.5 Å². The second kappa shape index (κ2) is 19.2. The predicted octanol–water partition coefficient (Wildman–Crippen LogP) is 1.10. The average Bonchev–Trinajstić information content (AvgIpc) is 3.38. The number of primary amides is 1. The third kappa shape index (κ3) is 17.7. The third-order valence-electron chi connectivity index (χ3n) is 6.35. The van der Waals surface area contributed by atoms with Gasteiger partial charge in [0.05, 0.1) is 30.6 Å². The lowest BCUT2D eigenvalue weighted by molar-refractivity contribution is -0.142. The Labute approximate surface area is 248 Å². The Bertz CT molecular complexity index is 982. The molecule has 42 heavy (non-hydrogen) atoms. The molecule has 1 unspecified atom stereocenters. The van der Waals surface area contributed by atoms with Crippen LogP contribution in [0.25, 0.3) is 0 Å². The van der Waals surface area contributed by atoms with Gasteiger partial charge in [0.1, 0.15) is 18.3 Å². The van der Waals surface area contributed by atoms with Crippen LogP contribution in [-0.4, -0.2) is 82.2 Å². The van der Waals surface area contributed by atoms with Gasteiger partial charge in [0.2, 0.25) is 17.7 Å². The standard InChI is InChI=1S/C28H51N7O7/c1-21(36)40-19-22-18-35(34-33-22)16-9-7-11-24(37)31-15-8-6-10-23(26(30)39)32-25(38)12-13-27(2,3)42-20-28(4,5)41-17-14-29/h18,23H,6-17,19-20,29H2,1-5H3,(H2,30,39)(H,31,37)(H,32,38). The number of carbonyl (C=O) groups excluding carboxylic acids is 4. The van der Waals surface area contributed by atoms with Gasteiger partial charge in [0.25, 0.3) is 0 Å². The molecule has 1 aromatic rings. The van der Waals surface area contributed by atoms with Crippen molar-refractivity contribution in [3.63, 3.8) is 0 Å². The predicted molar refractivity (Wildman–Crippen MR) is 156 cm³/mol. The van der Waals surface area contributed by atoms with Crippen molar-refractivity contribution >= 4 is 23.7 Å². The van der Waals surface area contributed by atoms with Crippen molar-refractivity contribution < 1.29 is 33.4 Å². The van der Waals surface area contributed by atoms with Crippen molar-refractivity contribution in [2.24, 2.45) is 11.5 Å². The number of nitrogens with two attached hydrogens (primary N) is 2. The van der Waals surface area contributed by atoms with E-state index in [1.165, 1.54) is 6.92 Å². The number of nitrogens with zero attached hydrogens (tertiary/aromatic N) is 3. The lowest BCUT2D eigenvalue weighted by Crippen LogP contribution is -2.45. The van der Waals surface area contributed by atoms with E-state index in [1.54, 1.807) is 10.9 Å². The summed E-state index contributed by atoms with van der Waals surface area (Å²) < 4.78 is 18.2. The Morgan fingerprint density at radius 1 is 1.00 bits per heavy atom. The van der Waals surface area contributed by atoms with Gasteiger partial charge >= 0.3 is 5.97 Å². The third-order valence-corrected chi connectivity index (χ3v) is 6.35. The molecule has 6 N–H and O–H groups in total. The highest BCUT2D eigenvalue weighted by atomic mass is 16.6. The van der Waals surface area contributed by atoms with Crippen LogP contribution in [0.5, 0.6) is 0 Å². The summed E-state index contributed by atoms with van der Waals surface area (Å²) in [6.45, 7) is 11.4. The van der Waals surface area contributed by atoms with Crippen molar-refractivity contribution in [2.75, 3.05) is 26.3 Å². The maximum absolute atomic E-state index is 12.5. The molecule has 0 fully saturated rings. The van der Waals surface area contributed by atoms with Crippen molar-refractivity contribution in [1.82, 2.24) is 25.6 Å². The molecule has 1 rings (SSSR count). The molecule has 0 radical (unpaired) electrons. The summed E-state index contributed by atoms with van der Waals surface area (Å²) in [5.74, 6) is -1.29. The summed E-state index contributed by atoms with van der Waals surface area (Å²) >= 11 is 0. The number of hydrogen-bond donors (Lipinski definition) is 4. The van der Waals surface area contributed by atoms with Gasteiger partial charge in [0, 0.05) is 39.4 Å². The van der Waals surface area contributed by atoms with Crippen molar-refractivity contribution in [3.05, 3.63) is 11.9 Å². The first kappa shape index (κ1) is 36.9. The van der Waals surface area contributed by atoms with E-state index in [1.807, 2.05) is 27.7 Å². The topological polar surface area (TPSA) is 203 Å². The smallest absolute Gasteiger partial charge is 0.303 e. The number of carbonyl (C=O) groups is 4. The van der Waals surface area contributed by atoms with Gasteiger partial charge in [0.15, 0.2) is 0 Å². The van der Waals surface area contributed by atoms with Crippen LogP contribution in [0, 0.1) is 0 Å². The van der Waals surface area contributed by atoms with Crippen LogP contribution in [0.2, 0.25) is 0 Å². The summed E-state index contributed by atoms with van der Waals surface area (Å²) in [5.41, 5.74) is 10.5. The van der Waals surface area contributed by atoms with Gasteiger partial charge in [-0.3, -0.25) is 23.9 Å². The highest BCUT2D eigenvalue weighted by Crippen LogP contribution is 2.21. The molecule has 0 saturated heterocycles. The monoisotopic (exact) mass is 597 g/mol. The fourth-order valence-corrected chi connectivity index (χ4v) is 3.82. The molecule has 0 aliphatic carbocycles. The molecule has 0 spiro atoms. The molecule has 240 valence electrons. The Morgan fingerprint density at radius 2 is 1.74 bits per heavy atom. The largest absolute Gasteiger partial charge is 0.459 e. The summed E-state index contributed by atoms with van der Waals surface area (Å²) in [6, 6.07) is -0.771. The van der Waals surface area contributed by atoms with Crippen molar-refractivity contribution in [2.45, 2.75) is 116 Å². The van der Waals surface area contributed by atoms with E-state index in [0.29, 0.717) is 77.1 Å². The highest BCUT2D eigenvalue weighted by molar-refractivity contribution is 5.86. The lowest BCUT2D eigenvalue weighted by atomic mass is 10.0. The molecule has 14 nitrogen and oxygen atoms in total. The maximum Gasteiger partial charge on any atom is 0.303 e. The number of aryl methyl sites for hydroxylation is 1. The van der Waals surface area contributed by atoms with Crippen molar-refractivity contribution in [3.8, 4) is 0 Å². The first-order chi connectivity index (χ1) is 19.7. The molecule has 0 aliphatic rings. The van der Waals surface area contributed by atoms with Gasteiger partial charge in [-0.1, -0.05) is 5.21 Å². The van der Waals surface area contributed by atoms with Gasteiger partial charge in [-0.2, -0.15) is 0 Å². The minimum Gasteiger partial charge on any atom is -0.459 e. The molecule has 1 aromatic heterocycles. The van der Waals surface area contributed by atoms with Gasteiger partial charge in [-0.25, -0.2) is 0 Å². The van der Waals surface area contributed by atoms with E-state index in [9.17, 15) is 19.2 Å². The number of amides is 3. The summed E-state index contributed by atoms with van der Waals surface area (Å²) in [5, 5.41) is 13.5. The zero-order valence-corrected chi connectivity index (χ0v) is 25.9. The minimum absolute atomic E-state index is 0.0527. The maximum atomic E-state index is 12.5. The van der Waals surface area contributed by atoms with Crippen LogP contribution in [0.15, 0.2) is 6.20 Å². The summed E-state index contributed by atoms with van der Waals surface area (Å²) in [4.78, 5) is 47.3. The van der Waals surface area contributed by atoms with Crippen molar-refractivity contribution in [1.29, 1.82) is 0 Å². The number of rotatable bonds is 23. The number of esters is 1. The minimum atomic E-state index is -0.771. The SMILES string of the molecule is CC(=O)OCc1cn(CCCCC(=O)NCCCCC(NC(=O)CCC(C)(C)OCC(C)(C)OCCN)C(N)=O)nn1. The fourth-order valence-electron chi connectivity index (χ4n) is 3.82. The number of nitrogens with one attached hydrogen (secondary N) is 2. The molecule has 0 aromatic carbocycles. The Balaban J connectivity index is 2.22. The molecule has 0 bridgehead atoms. The Morgan fingerprint density at radius 3 is 2.40 bits per heavy atom. The van der Waals surface area contributed by atoms with Crippen LogP contribution in [0.3, 0.4) is 0 Å². The van der Waals surface area contributed by atoms with Gasteiger partial charge in [-0.05, 0) is 66.2 Å². The average molecular weight is 598 g/mol. The first-order valence-electron chi connectivity index (χ1n) is 14.6. The zero-order valence-electron chi connectivity index (χ0n) is 25.9. The molecular weight excluding hydrogens is 546 g/mol. The normalized spacial score (nSPS) is 12.5.